The predicted octanol–water partition coefficient (Wildman–Crippen LogP) is 4.54. The van der Waals surface area contributed by atoms with Crippen molar-refractivity contribution in [2.45, 2.75) is 38.8 Å². The molecule has 0 aliphatic carbocycles. The summed E-state index contributed by atoms with van der Waals surface area (Å²) in [6.45, 7) is 5.29. The summed E-state index contributed by atoms with van der Waals surface area (Å²) in [5.41, 5.74) is 6.48. The standard InChI is InChI=1S/C33H32F2N8O3/c1-19(2)41-18-28(32(45)43(33(41)46)25-6-3-22(34)4-7-25)31(44)40-23-5-8-26(29(35)14-23)27-13-20(15-38-30(27)36)21-16-39-42(17-21)24-9-11-37-12-10-24/h3-8,13-19,24,37H,9-12H2,1-2H3,(H2,36,38)(H,40,44). The molecule has 4 N–H and O–H groups in total. The predicted molar refractivity (Wildman–Crippen MR) is 171 cm³/mol. The van der Waals surface area contributed by atoms with Gasteiger partial charge in [-0.2, -0.15) is 5.10 Å². The van der Waals surface area contributed by atoms with Gasteiger partial charge in [0.1, 0.15) is 23.0 Å². The summed E-state index contributed by atoms with van der Waals surface area (Å²) in [4.78, 5) is 44.1. The largest absolute Gasteiger partial charge is 0.383 e. The van der Waals surface area contributed by atoms with Crippen molar-refractivity contribution in [1.82, 2.24) is 29.2 Å². The molecule has 0 unspecified atom stereocenters. The van der Waals surface area contributed by atoms with Crippen molar-refractivity contribution in [2.75, 3.05) is 24.1 Å². The number of anilines is 2. The number of piperidine rings is 1. The molecule has 236 valence electrons. The second kappa shape index (κ2) is 12.5. The Morgan fingerprint density at radius 3 is 2.41 bits per heavy atom. The quantitative estimate of drug-likeness (QED) is 0.241. The molecule has 1 fully saturated rings. The Hall–Kier alpha value is -5.43. The maximum absolute atomic E-state index is 15.6. The SMILES string of the molecule is CC(C)n1cc(C(=O)Nc2ccc(-c3cc(-c4cnn(C5CCNCC5)c4)cnc3N)c(F)c2)c(=O)n(-c2ccc(F)cc2)c1=O. The van der Waals surface area contributed by atoms with Crippen molar-refractivity contribution in [1.29, 1.82) is 0 Å². The number of nitrogens with zero attached hydrogens (tertiary/aromatic N) is 5. The zero-order chi connectivity index (χ0) is 32.5. The number of rotatable bonds is 7. The highest BCUT2D eigenvalue weighted by molar-refractivity contribution is 6.04. The van der Waals surface area contributed by atoms with Gasteiger partial charge >= 0.3 is 5.69 Å². The molecule has 0 spiro atoms. The summed E-state index contributed by atoms with van der Waals surface area (Å²) in [5, 5.41) is 10.4. The Bertz CT molecular complexity index is 2040. The average molecular weight is 627 g/mol. The molecule has 46 heavy (non-hydrogen) atoms. The number of hydrogen-bond donors (Lipinski definition) is 3. The van der Waals surface area contributed by atoms with E-state index in [2.05, 4.69) is 20.7 Å². The van der Waals surface area contributed by atoms with Gasteiger partial charge in [-0.05, 0) is 88.3 Å². The third kappa shape index (κ3) is 5.96. The molecule has 13 heteroatoms. The first-order chi connectivity index (χ1) is 22.1. The highest BCUT2D eigenvalue weighted by atomic mass is 19.1. The Balaban J connectivity index is 1.28. The van der Waals surface area contributed by atoms with E-state index in [0.717, 1.165) is 59.8 Å². The lowest BCUT2D eigenvalue weighted by Gasteiger charge is -2.22. The highest BCUT2D eigenvalue weighted by Gasteiger charge is 2.21. The summed E-state index contributed by atoms with van der Waals surface area (Å²) in [5.74, 6) is -1.95. The van der Waals surface area contributed by atoms with Crippen LogP contribution in [0.1, 0.15) is 49.1 Å². The number of amides is 1. The number of hydrogen-bond acceptors (Lipinski definition) is 7. The zero-order valence-corrected chi connectivity index (χ0v) is 25.2. The van der Waals surface area contributed by atoms with Gasteiger partial charge in [-0.25, -0.2) is 23.1 Å². The fraction of sp³-hybridized carbons (Fsp3) is 0.242. The number of aromatic nitrogens is 5. The Morgan fingerprint density at radius 2 is 1.72 bits per heavy atom. The third-order valence-electron chi connectivity index (χ3n) is 8.05. The zero-order valence-electron chi connectivity index (χ0n) is 25.2. The molecule has 1 saturated heterocycles. The Kier molecular flexibility index (Phi) is 8.33. The van der Waals surface area contributed by atoms with Gasteiger partial charge in [0.05, 0.1) is 17.9 Å². The third-order valence-corrected chi connectivity index (χ3v) is 8.05. The van der Waals surface area contributed by atoms with Gasteiger partial charge in [0.2, 0.25) is 0 Å². The highest BCUT2D eigenvalue weighted by Crippen LogP contribution is 2.33. The summed E-state index contributed by atoms with van der Waals surface area (Å²) in [6.07, 6.45) is 8.44. The maximum atomic E-state index is 15.6. The molecular weight excluding hydrogens is 594 g/mol. The first kappa shape index (κ1) is 30.6. The minimum absolute atomic E-state index is 0.0761. The van der Waals surface area contributed by atoms with Gasteiger partial charge in [-0.3, -0.25) is 18.8 Å². The molecule has 1 aliphatic heterocycles. The van der Waals surface area contributed by atoms with E-state index in [1.165, 1.54) is 35.0 Å². The van der Waals surface area contributed by atoms with Gasteiger partial charge < -0.3 is 16.4 Å². The van der Waals surface area contributed by atoms with Crippen LogP contribution in [0.25, 0.3) is 27.9 Å². The second-order valence-electron chi connectivity index (χ2n) is 11.4. The number of pyridine rings is 1. The molecule has 2 aromatic carbocycles. The number of carbonyl (C=O) groups is 1. The van der Waals surface area contributed by atoms with E-state index in [0.29, 0.717) is 11.6 Å². The van der Waals surface area contributed by atoms with Crippen LogP contribution in [0.5, 0.6) is 0 Å². The van der Waals surface area contributed by atoms with Crippen molar-refractivity contribution < 1.29 is 13.6 Å². The lowest BCUT2D eigenvalue weighted by molar-refractivity contribution is 0.102. The Labute approximate surface area is 262 Å². The minimum atomic E-state index is -0.901. The minimum Gasteiger partial charge on any atom is -0.383 e. The smallest absolute Gasteiger partial charge is 0.335 e. The molecular formula is C33H32F2N8O3. The van der Waals surface area contributed by atoms with E-state index >= 15 is 4.39 Å². The molecule has 0 saturated carbocycles. The van der Waals surface area contributed by atoms with Crippen molar-refractivity contribution in [3.05, 3.63) is 111 Å². The van der Waals surface area contributed by atoms with Gasteiger partial charge in [-0.15, -0.1) is 0 Å². The van der Waals surface area contributed by atoms with Crippen LogP contribution in [-0.4, -0.2) is 42.9 Å². The Morgan fingerprint density at radius 1 is 0.978 bits per heavy atom. The number of nitrogens with one attached hydrogen (secondary N) is 2. The fourth-order valence-electron chi connectivity index (χ4n) is 5.53. The van der Waals surface area contributed by atoms with Crippen LogP contribution >= 0.6 is 0 Å². The topological polar surface area (TPSA) is 142 Å². The van der Waals surface area contributed by atoms with Gasteiger partial charge in [-0.1, -0.05) is 0 Å². The fourth-order valence-corrected chi connectivity index (χ4v) is 5.53. The van der Waals surface area contributed by atoms with Crippen molar-refractivity contribution in [3.63, 3.8) is 0 Å². The van der Waals surface area contributed by atoms with E-state index in [1.807, 2.05) is 10.9 Å². The number of halogens is 2. The molecule has 1 aliphatic rings. The summed E-state index contributed by atoms with van der Waals surface area (Å²) in [7, 11) is 0. The van der Waals surface area contributed by atoms with Gasteiger partial charge in [0, 0.05) is 52.6 Å². The number of nitrogen functional groups attached to an aromatic ring is 1. The van der Waals surface area contributed by atoms with Crippen LogP contribution in [-0.2, 0) is 0 Å². The lowest BCUT2D eigenvalue weighted by atomic mass is 10.0. The molecule has 11 nitrogen and oxygen atoms in total. The van der Waals surface area contributed by atoms with Crippen LogP contribution in [0.2, 0.25) is 0 Å². The molecule has 1 amide bonds. The van der Waals surface area contributed by atoms with Crippen LogP contribution < -0.4 is 27.6 Å². The molecule has 0 bridgehead atoms. The van der Waals surface area contributed by atoms with Crippen LogP contribution in [0.3, 0.4) is 0 Å². The van der Waals surface area contributed by atoms with Crippen LogP contribution in [0.4, 0.5) is 20.3 Å². The van der Waals surface area contributed by atoms with Gasteiger partial charge in [0.25, 0.3) is 11.5 Å². The van der Waals surface area contributed by atoms with Crippen molar-refractivity contribution in [3.8, 4) is 27.9 Å². The number of nitrogens with two attached hydrogens (primary N) is 1. The van der Waals surface area contributed by atoms with E-state index in [-0.39, 0.29) is 28.3 Å². The van der Waals surface area contributed by atoms with E-state index < -0.39 is 34.8 Å². The van der Waals surface area contributed by atoms with Crippen LogP contribution in [0.15, 0.2) is 82.9 Å². The van der Waals surface area contributed by atoms with Crippen LogP contribution in [0, 0.1) is 11.6 Å². The summed E-state index contributed by atoms with van der Waals surface area (Å²) >= 11 is 0. The molecule has 0 atom stereocenters. The normalized spacial score (nSPS) is 13.7. The number of carbonyl (C=O) groups excluding carboxylic acids is 1. The second-order valence-corrected chi connectivity index (χ2v) is 11.4. The summed E-state index contributed by atoms with van der Waals surface area (Å²) < 4.78 is 33.1. The lowest BCUT2D eigenvalue weighted by Crippen LogP contribution is -2.42. The average Bonchev–Trinajstić information content (AvgIpc) is 3.53. The molecule has 4 heterocycles. The summed E-state index contributed by atoms with van der Waals surface area (Å²) in [6, 6.07) is 10.5. The molecule has 5 aromatic rings. The molecule has 6 rings (SSSR count). The van der Waals surface area contributed by atoms with E-state index in [9.17, 15) is 18.8 Å². The first-order valence-corrected chi connectivity index (χ1v) is 14.9. The van der Waals surface area contributed by atoms with E-state index in [4.69, 9.17) is 5.73 Å². The number of benzene rings is 2. The monoisotopic (exact) mass is 626 g/mol. The maximum Gasteiger partial charge on any atom is 0.335 e. The van der Waals surface area contributed by atoms with Crippen molar-refractivity contribution in [2.24, 2.45) is 0 Å². The van der Waals surface area contributed by atoms with Crippen molar-refractivity contribution >= 4 is 17.4 Å². The molecule has 3 aromatic heterocycles. The molecule has 0 radical (unpaired) electrons. The van der Waals surface area contributed by atoms with Gasteiger partial charge in [0.15, 0.2) is 0 Å². The van der Waals surface area contributed by atoms with E-state index in [1.54, 1.807) is 32.3 Å². The first-order valence-electron chi connectivity index (χ1n) is 14.9.